The fourth-order valence-corrected chi connectivity index (χ4v) is 3.09. The first-order valence-electron chi connectivity index (χ1n) is 9.22. The number of aromatic nitrogens is 2. The number of nitrogens with zero attached hydrogens (tertiary/aromatic N) is 2. The number of anilines is 1. The van der Waals surface area contributed by atoms with E-state index in [1.165, 1.54) is 20.0 Å². The van der Waals surface area contributed by atoms with E-state index < -0.39 is 17.7 Å². The minimum Gasteiger partial charge on any atom is -0.419 e. The summed E-state index contributed by atoms with van der Waals surface area (Å²) in [6.45, 7) is 6.98. The fourth-order valence-electron chi connectivity index (χ4n) is 3.09. The van der Waals surface area contributed by atoms with Gasteiger partial charge in [-0.1, -0.05) is 12.1 Å². The van der Waals surface area contributed by atoms with Gasteiger partial charge in [0.15, 0.2) is 5.57 Å². The van der Waals surface area contributed by atoms with Gasteiger partial charge in [0, 0.05) is 43.7 Å². The van der Waals surface area contributed by atoms with Gasteiger partial charge in [-0.15, -0.1) is 0 Å². The van der Waals surface area contributed by atoms with Gasteiger partial charge in [-0.2, -0.15) is 0 Å². The maximum atomic E-state index is 12.1. The molecule has 0 saturated carbocycles. The van der Waals surface area contributed by atoms with Gasteiger partial charge in [0.05, 0.1) is 5.69 Å². The number of hydrogen-bond acceptors (Lipinski definition) is 6. The van der Waals surface area contributed by atoms with Crippen molar-refractivity contribution in [3.8, 4) is 11.3 Å². The van der Waals surface area contributed by atoms with Crippen LogP contribution in [0.3, 0.4) is 0 Å². The van der Waals surface area contributed by atoms with Crippen LogP contribution in [-0.4, -0.2) is 27.1 Å². The Morgan fingerprint density at radius 2 is 1.79 bits per heavy atom. The highest BCUT2D eigenvalue weighted by Gasteiger charge is 2.38. The second-order valence-electron chi connectivity index (χ2n) is 7.51. The number of rotatable bonds is 3. The molecule has 0 spiro atoms. The van der Waals surface area contributed by atoms with Gasteiger partial charge in [0.2, 0.25) is 0 Å². The molecule has 7 heteroatoms. The van der Waals surface area contributed by atoms with Crippen molar-refractivity contribution in [2.75, 3.05) is 5.32 Å². The lowest BCUT2D eigenvalue weighted by Crippen LogP contribution is -2.42. The molecule has 29 heavy (non-hydrogen) atoms. The highest BCUT2D eigenvalue weighted by atomic mass is 16.7. The maximum absolute atomic E-state index is 12.1. The Bertz CT molecular complexity index is 1150. The van der Waals surface area contributed by atoms with Gasteiger partial charge in [0.25, 0.3) is 5.79 Å². The number of hydrogen-bond donors (Lipinski definition) is 1. The third-order valence-corrected chi connectivity index (χ3v) is 4.64. The Labute approximate surface area is 168 Å². The highest BCUT2D eigenvalue weighted by Crippen LogP contribution is 2.27. The second kappa shape index (κ2) is 6.77. The number of fused-ring (bicyclic) bond motifs is 1. The predicted molar refractivity (Wildman–Crippen MR) is 108 cm³/mol. The van der Waals surface area contributed by atoms with E-state index in [4.69, 9.17) is 9.47 Å². The van der Waals surface area contributed by atoms with Crippen molar-refractivity contribution in [3.05, 3.63) is 65.6 Å². The zero-order valence-corrected chi connectivity index (χ0v) is 16.6. The van der Waals surface area contributed by atoms with Crippen molar-refractivity contribution in [3.63, 3.8) is 0 Å². The van der Waals surface area contributed by atoms with E-state index in [2.05, 4.69) is 10.3 Å². The smallest absolute Gasteiger partial charge is 0.350 e. The predicted octanol–water partition coefficient (Wildman–Crippen LogP) is 3.75. The van der Waals surface area contributed by atoms with Crippen molar-refractivity contribution >= 4 is 23.3 Å². The molecule has 1 N–H and O–H groups in total. The number of aryl methyl sites for hydroxylation is 2. The van der Waals surface area contributed by atoms with Crippen molar-refractivity contribution in [1.82, 2.24) is 9.38 Å². The van der Waals surface area contributed by atoms with Crippen LogP contribution in [0.2, 0.25) is 0 Å². The number of benzene rings is 1. The zero-order valence-electron chi connectivity index (χ0n) is 16.6. The molecule has 0 unspecified atom stereocenters. The molecule has 3 heterocycles. The van der Waals surface area contributed by atoms with Gasteiger partial charge in [-0.05, 0) is 43.2 Å². The molecule has 3 aromatic rings. The lowest BCUT2D eigenvalue weighted by atomic mass is 10.1. The monoisotopic (exact) mass is 391 g/mol. The molecule has 148 valence electrons. The summed E-state index contributed by atoms with van der Waals surface area (Å²) < 4.78 is 12.2. The zero-order chi connectivity index (χ0) is 20.8. The largest absolute Gasteiger partial charge is 0.419 e. The van der Waals surface area contributed by atoms with Crippen LogP contribution in [0.15, 0.2) is 54.5 Å². The molecule has 0 bridgehead atoms. The second-order valence-corrected chi connectivity index (χ2v) is 7.51. The van der Waals surface area contributed by atoms with Crippen LogP contribution in [0.1, 0.15) is 25.0 Å². The molecule has 0 radical (unpaired) electrons. The van der Waals surface area contributed by atoms with E-state index in [-0.39, 0.29) is 5.57 Å². The summed E-state index contributed by atoms with van der Waals surface area (Å²) in [5, 5.41) is 3.03. The summed E-state index contributed by atoms with van der Waals surface area (Å²) in [6, 6.07) is 9.89. The van der Waals surface area contributed by atoms with E-state index >= 15 is 0 Å². The molecule has 7 nitrogen and oxygen atoms in total. The SMILES string of the molecule is Cc1ccn2cc(-c3ccc(C)c(NC=C4C(=O)OC(C)(C)OC4=O)c3)nc2c1. The Morgan fingerprint density at radius 3 is 2.52 bits per heavy atom. The lowest BCUT2D eigenvalue weighted by molar-refractivity contribution is -0.222. The van der Waals surface area contributed by atoms with Gasteiger partial charge in [-0.25, -0.2) is 14.6 Å². The molecule has 4 rings (SSSR count). The number of ether oxygens (including phenoxy) is 2. The standard InChI is InChI=1S/C22H21N3O4/c1-13-7-8-25-12-18(24-19(25)9-13)15-6-5-14(2)17(10-15)23-11-16-20(26)28-22(3,4)29-21(16)27/h5-12,23H,1-4H3. The Kier molecular flexibility index (Phi) is 4.38. The van der Waals surface area contributed by atoms with Gasteiger partial charge in [-0.3, -0.25) is 0 Å². The van der Waals surface area contributed by atoms with E-state index in [9.17, 15) is 9.59 Å². The van der Waals surface area contributed by atoms with E-state index in [1.807, 2.05) is 61.0 Å². The third kappa shape index (κ3) is 3.71. The molecule has 0 atom stereocenters. The summed E-state index contributed by atoms with van der Waals surface area (Å²) >= 11 is 0. The summed E-state index contributed by atoms with van der Waals surface area (Å²) in [7, 11) is 0. The Morgan fingerprint density at radius 1 is 1.07 bits per heavy atom. The first-order valence-corrected chi connectivity index (χ1v) is 9.22. The molecule has 2 aromatic heterocycles. The molecule has 0 amide bonds. The number of imidazole rings is 1. The quantitative estimate of drug-likeness (QED) is 0.416. The van der Waals surface area contributed by atoms with Crippen molar-refractivity contribution < 1.29 is 19.1 Å². The average molecular weight is 391 g/mol. The number of carbonyl (C=O) groups is 2. The van der Waals surface area contributed by atoms with E-state index in [1.54, 1.807) is 0 Å². The molecule has 1 fully saturated rings. The van der Waals surface area contributed by atoms with Crippen LogP contribution < -0.4 is 5.32 Å². The molecule has 1 aliphatic rings. The van der Waals surface area contributed by atoms with Crippen LogP contribution in [0, 0.1) is 13.8 Å². The van der Waals surface area contributed by atoms with E-state index in [0.717, 1.165) is 33.7 Å². The average Bonchev–Trinajstić information content (AvgIpc) is 3.04. The maximum Gasteiger partial charge on any atom is 0.350 e. The molecule has 1 saturated heterocycles. The highest BCUT2D eigenvalue weighted by molar-refractivity contribution is 6.15. The van der Waals surface area contributed by atoms with Crippen molar-refractivity contribution in [1.29, 1.82) is 0 Å². The topological polar surface area (TPSA) is 81.9 Å². The Hall–Kier alpha value is -3.61. The van der Waals surface area contributed by atoms with E-state index in [0.29, 0.717) is 0 Å². The fraction of sp³-hybridized carbons (Fsp3) is 0.227. The third-order valence-electron chi connectivity index (χ3n) is 4.64. The van der Waals surface area contributed by atoms with Crippen LogP contribution in [0.25, 0.3) is 16.9 Å². The minimum atomic E-state index is -1.26. The van der Waals surface area contributed by atoms with Crippen LogP contribution in [-0.2, 0) is 19.1 Å². The minimum absolute atomic E-state index is 0.183. The summed E-state index contributed by atoms with van der Waals surface area (Å²) in [4.78, 5) is 28.9. The molecule has 0 aliphatic carbocycles. The van der Waals surface area contributed by atoms with Gasteiger partial charge in [0.1, 0.15) is 5.65 Å². The van der Waals surface area contributed by atoms with Crippen LogP contribution in [0.5, 0.6) is 0 Å². The summed E-state index contributed by atoms with van der Waals surface area (Å²) in [5.74, 6) is -2.70. The molecule has 1 aromatic carbocycles. The molecular formula is C22H21N3O4. The van der Waals surface area contributed by atoms with Crippen LogP contribution in [0.4, 0.5) is 5.69 Å². The summed E-state index contributed by atoms with van der Waals surface area (Å²) in [5.41, 5.74) is 5.25. The summed E-state index contributed by atoms with van der Waals surface area (Å²) in [6.07, 6.45) is 5.25. The first kappa shape index (κ1) is 18.7. The number of nitrogens with one attached hydrogen (secondary N) is 1. The number of cyclic esters (lactones) is 2. The number of carbonyl (C=O) groups excluding carboxylic acids is 2. The number of pyridine rings is 1. The molecular weight excluding hydrogens is 370 g/mol. The normalized spacial score (nSPS) is 15.8. The Balaban J connectivity index is 1.63. The van der Waals surface area contributed by atoms with Crippen LogP contribution >= 0.6 is 0 Å². The first-order chi connectivity index (χ1) is 13.7. The number of esters is 2. The van der Waals surface area contributed by atoms with Crippen molar-refractivity contribution in [2.24, 2.45) is 0 Å². The van der Waals surface area contributed by atoms with Gasteiger partial charge < -0.3 is 19.2 Å². The van der Waals surface area contributed by atoms with Crippen molar-refractivity contribution in [2.45, 2.75) is 33.5 Å². The van der Waals surface area contributed by atoms with Gasteiger partial charge >= 0.3 is 11.9 Å². The lowest BCUT2D eigenvalue weighted by Gasteiger charge is -2.29. The molecule has 1 aliphatic heterocycles.